The molecule has 0 amide bonds. The third kappa shape index (κ3) is 1.67. The monoisotopic (exact) mass is 249 g/mol. The summed E-state index contributed by atoms with van der Waals surface area (Å²) in [7, 11) is 0. The van der Waals surface area contributed by atoms with Gasteiger partial charge >= 0.3 is 0 Å². The number of aryl methyl sites for hydroxylation is 1. The van der Waals surface area contributed by atoms with E-state index in [0.717, 1.165) is 6.20 Å². The predicted octanol–water partition coefficient (Wildman–Crippen LogP) is 3.35. The summed E-state index contributed by atoms with van der Waals surface area (Å²) in [5, 5.41) is 0. The topological polar surface area (TPSA) is 26.0 Å². The molecule has 90 valence electrons. The van der Waals surface area contributed by atoms with Crippen molar-refractivity contribution in [1.29, 1.82) is 0 Å². The summed E-state index contributed by atoms with van der Waals surface area (Å²) in [6.45, 7) is 1.42. The lowest BCUT2D eigenvalue weighted by atomic mass is 10.1. The Morgan fingerprint density at radius 1 is 0.882 bits per heavy atom. The van der Waals surface area contributed by atoms with Gasteiger partial charge in [-0.15, -0.1) is 0 Å². The molecule has 1 aromatic heterocycles. The Bertz CT molecular complexity index is 564. The van der Waals surface area contributed by atoms with Gasteiger partial charge < -0.3 is 4.42 Å². The van der Waals surface area contributed by atoms with Crippen LogP contribution < -0.4 is 0 Å². The van der Waals surface area contributed by atoms with Crippen molar-refractivity contribution in [3.05, 3.63) is 41.0 Å². The van der Waals surface area contributed by atoms with Crippen LogP contribution in [-0.4, -0.2) is 4.98 Å². The zero-order valence-electron chi connectivity index (χ0n) is 8.32. The number of aromatic nitrogens is 1. The van der Waals surface area contributed by atoms with E-state index in [1.807, 2.05) is 0 Å². The van der Waals surface area contributed by atoms with Gasteiger partial charge in [0.1, 0.15) is 11.3 Å². The van der Waals surface area contributed by atoms with E-state index in [1.165, 1.54) is 6.92 Å². The molecule has 0 aliphatic heterocycles. The minimum Gasteiger partial charge on any atom is -0.441 e. The lowest BCUT2D eigenvalue weighted by Crippen LogP contribution is -2.04. The van der Waals surface area contributed by atoms with Crippen LogP contribution in [0.5, 0.6) is 0 Å². The molecule has 0 saturated heterocycles. The highest BCUT2D eigenvalue weighted by molar-refractivity contribution is 5.55. The molecule has 0 aliphatic rings. The highest BCUT2D eigenvalue weighted by Crippen LogP contribution is 2.30. The first-order chi connectivity index (χ1) is 7.93. The molecule has 0 radical (unpaired) electrons. The molecule has 2 rings (SSSR count). The van der Waals surface area contributed by atoms with Crippen LogP contribution in [0.2, 0.25) is 0 Å². The first-order valence-corrected chi connectivity index (χ1v) is 4.37. The highest BCUT2D eigenvalue weighted by Gasteiger charge is 2.28. The average molecular weight is 249 g/mol. The molecule has 0 aliphatic carbocycles. The predicted molar refractivity (Wildman–Crippen MR) is 46.5 cm³/mol. The fourth-order valence-corrected chi connectivity index (χ4v) is 1.26. The third-order valence-electron chi connectivity index (χ3n) is 2.04. The van der Waals surface area contributed by atoms with Crippen molar-refractivity contribution in [3.63, 3.8) is 0 Å². The molecule has 1 heterocycles. The summed E-state index contributed by atoms with van der Waals surface area (Å²) < 4.78 is 69.8. The maximum Gasteiger partial charge on any atom is 0.232 e. The molecule has 0 fully saturated rings. The lowest BCUT2D eigenvalue weighted by molar-refractivity contribution is 0.378. The summed E-state index contributed by atoms with van der Waals surface area (Å²) in [6, 6.07) is 0. The number of rotatable bonds is 1. The van der Waals surface area contributed by atoms with Crippen molar-refractivity contribution in [2.75, 3.05) is 0 Å². The standard InChI is InChI=1S/C10H4F5NO/c1-3-2-16-10(17-3)4-5(11)7(13)9(15)8(14)6(4)12/h2H,1H3. The number of hydrogen-bond acceptors (Lipinski definition) is 2. The second kappa shape index (κ2) is 3.83. The van der Waals surface area contributed by atoms with E-state index in [4.69, 9.17) is 4.42 Å². The van der Waals surface area contributed by atoms with E-state index in [-0.39, 0.29) is 5.76 Å². The summed E-state index contributed by atoms with van der Waals surface area (Å²) in [6.07, 6.45) is 1.10. The highest BCUT2D eigenvalue weighted by atomic mass is 19.2. The molecule has 0 atom stereocenters. The van der Waals surface area contributed by atoms with Crippen LogP contribution in [0.25, 0.3) is 11.5 Å². The normalized spacial score (nSPS) is 10.9. The van der Waals surface area contributed by atoms with E-state index in [0.29, 0.717) is 0 Å². The number of nitrogens with zero attached hydrogens (tertiary/aromatic N) is 1. The van der Waals surface area contributed by atoms with Crippen LogP contribution in [0.4, 0.5) is 22.0 Å². The van der Waals surface area contributed by atoms with Gasteiger partial charge in [-0.05, 0) is 6.92 Å². The van der Waals surface area contributed by atoms with Crippen LogP contribution in [0.1, 0.15) is 5.76 Å². The van der Waals surface area contributed by atoms with Crippen LogP contribution in [0.15, 0.2) is 10.6 Å². The second-order valence-electron chi connectivity index (χ2n) is 3.22. The number of hydrogen-bond donors (Lipinski definition) is 0. The zero-order valence-corrected chi connectivity index (χ0v) is 8.32. The van der Waals surface area contributed by atoms with Crippen molar-refractivity contribution in [3.8, 4) is 11.5 Å². The lowest BCUT2D eigenvalue weighted by Gasteiger charge is -2.04. The van der Waals surface area contributed by atoms with Crippen LogP contribution >= 0.6 is 0 Å². The quantitative estimate of drug-likeness (QED) is 0.440. The molecule has 2 aromatic rings. The van der Waals surface area contributed by atoms with E-state index in [1.54, 1.807) is 0 Å². The Kier molecular flexibility index (Phi) is 2.60. The smallest absolute Gasteiger partial charge is 0.232 e. The Morgan fingerprint density at radius 2 is 1.35 bits per heavy atom. The number of benzene rings is 1. The summed E-state index contributed by atoms with van der Waals surface area (Å²) in [4.78, 5) is 3.42. The first-order valence-electron chi connectivity index (χ1n) is 4.37. The van der Waals surface area contributed by atoms with Crippen molar-refractivity contribution < 1.29 is 26.4 Å². The van der Waals surface area contributed by atoms with Crippen molar-refractivity contribution in [2.45, 2.75) is 6.92 Å². The number of oxazole rings is 1. The maximum absolute atomic E-state index is 13.3. The van der Waals surface area contributed by atoms with E-state index < -0.39 is 40.5 Å². The van der Waals surface area contributed by atoms with Gasteiger partial charge in [-0.1, -0.05) is 0 Å². The van der Waals surface area contributed by atoms with Gasteiger partial charge in [-0.3, -0.25) is 0 Å². The average Bonchev–Trinajstić information content (AvgIpc) is 2.71. The molecule has 1 aromatic carbocycles. The molecular formula is C10H4F5NO. The molecular weight excluding hydrogens is 245 g/mol. The molecule has 0 bridgehead atoms. The number of halogens is 5. The van der Waals surface area contributed by atoms with Gasteiger partial charge in [0.2, 0.25) is 11.7 Å². The molecule has 0 spiro atoms. The van der Waals surface area contributed by atoms with Crippen molar-refractivity contribution >= 4 is 0 Å². The van der Waals surface area contributed by atoms with Crippen molar-refractivity contribution in [1.82, 2.24) is 4.98 Å². The van der Waals surface area contributed by atoms with E-state index in [9.17, 15) is 22.0 Å². The van der Waals surface area contributed by atoms with Crippen LogP contribution in [0, 0.1) is 36.0 Å². The van der Waals surface area contributed by atoms with Gasteiger partial charge in [0.15, 0.2) is 23.3 Å². The van der Waals surface area contributed by atoms with E-state index >= 15 is 0 Å². The SMILES string of the molecule is Cc1cnc(-c2c(F)c(F)c(F)c(F)c2F)o1. The first kappa shape index (κ1) is 11.6. The molecule has 2 nitrogen and oxygen atoms in total. The second-order valence-corrected chi connectivity index (χ2v) is 3.22. The molecule has 7 heteroatoms. The van der Waals surface area contributed by atoms with Gasteiger partial charge in [0.25, 0.3) is 0 Å². The van der Waals surface area contributed by atoms with E-state index in [2.05, 4.69) is 4.98 Å². The minimum atomic E-state index is -2.22. The fraction of sp³-hybridized carbons (Fsp3) is 0.100. The van der Waals surface area contributed by atoms with Gasteiger partial charge in [0, 0.05) is 0 Å². The molecule has 0 saturated carbocycles. The van der Waals surface area contributed by atoms with Gasteiger partial charge in [0.05, 0.1) is 6.20 Å². The Labute approximate surface area is 91.7 Å². The minimum absolute atomic E-state index is 0.184. The Morgan fingerprint density at radius 3 is 1.76 bits per heavy atom. The Balaban J connectivity index is 2.78. The molecule has 0 unspecified atom stereocenters. The van der Waals surface area contributed by atoms with Crippen LogP contribution in [-0.2, 0) is 0 Å². The third-order valence-corrected chi connectivity index (χ3v) is 2.04. The molecule has 17 heavy (non-hydrogen) atoms. The largest absolute Gasteiger partial charge is 0.441 e. The maximum atomic E-state index is 13.3. The summed E-state index contributed by atoms with van der Waals surface area (Å²) in [5.74, 6) is -10.7. The van der Waals surface area contributed by atoms with Crippen molar-refractivity contribution in [2.24, 2.45) is 0 Å². The van der Waals surface area contributed by atoms with Gasteiger partial charge in [-0.2, -0.15) is 0 Å². The zero-order chi connectivity index (χ0) is 12.7. The molecule has 0 N–H and O–H groups in total. The van der Waals surface area contributed by atoms with Crippen LogP contribution in [0.3, 0.4) is 0 Å². The summed E-state index contributed by atoms with van der Waals surface area (Å²) >= 11 is 0. The Hall–Kier alpha value is -1.92. The van der Waals surface area contributed by atoms with Gasteiger partial charge in [-0.25, -0.2) is 26.9 Å². The summed E-state index contributed by atoms with van der Waals surface area (Å²) in [5.41, 5.74) is -1.17. The fourth-order valence-electron chi connectivity index (χ4n) is 1.26.